The third kappa shape index (κ3) is 3.34. The summed E-state index contributed by atoms with van der Waals surface area (Å²) in [5.74, 6) is 0.151. The maximum Gasteiger partial charge on any atom is 0.170 e. The van der Waals surface area contributed by atoms with Gasteiger partial charge in [0.1, 0.15) is 0 Å². The second-order valence-corrected chi connectivity index (χ2v) is 5.90. The van der Waals surface area contributed by atoms with E-state index in [-0.39, 0.29) is 5.84 Å². The number of rotatable bonds is 3. The molecule has 1 aromatic rings. The number of ether oxygens (including phenoxy) is 1. The van der Waals surface area contributed by atoms with Gasteiger partial charge in [-0.15, -0.1) is 0 Å². The number of nitrogens with zero attached hydrogens (tertiary/aromatic N) is 3. The second-order valence-electron chi connectivity index (χ2n) is 5.90. The number of nitrogens with two attached hydrogens (primary N) is 1. The molecule has 0 spiro atoms. The fourth-order valence-corrected chi connectivity index (χ4v) is 3.33. The van der Waals surface area contributed by atoms with Crippen LogP contribution < -0.4 is 10.6 Å². The van der Waals surface area contributed by atoms with Crippen molar-refractivity contribution >= 4 is 11.5 Å². The summed E-state index contributed by atoms with van der Waals surface area (Å²) in [4.78, 5) is 4.98. The molecular weight excluding hydrogens is 280 g/mol. The van der Waals surface area contributed by atoms with E-state index in [1.807, 2.05) is 24.3 Å². The van der Waals surface area contributed by atoms with Crippen LogP contribution in [0.3, 0.4) is 0 Å². The van der Waals surface area contributed by atoms with Gasteiger partial charge in [-0.3, -0.25) is 4.90 Å². The van der Waals surface area contributed by atoms with Crippen LogP contribution in [0.2, 0.25) is 0 Å². The van der Waals surface area contributed by atoms with Crippen LogP contribution in [0.25, 0.3) is 0 Å². The molecule has 22 heavy (non-hydrogen) atoms. The van der Waals surface area contributed by atoms with E-state index < -0.39 is 0 Å². The van der Waals surface area contributed by atoms with Crippen LogP contribution in [0.4, 0.5) is 5.69 Å². The molecular formula is C16H24N4O2. The van der Waals surface area contributed by atoms with Gasteiger partial charge in [0.05, 0.1) is 13.2 Å². The third-order valence-electron chi connectivity index (χ3n) is 4.66. The van der Waals surface area contributed by atoms with E-state index in [1.54, 1.807) is 0 Å². The van der Waals surface area contributed by atoms with Crippen molar-refractivity contribution in [3.63, 3.8) is 0 Å². The smallest absolute Gasteiger partial charge is 0.170 e. The van der Waals surface area contributed by atoms with Gasteiger partial charge in [-0.05, 0) is 37.1 Å². The van der Waals surface area contributed by atoms with Crippen molar-refractivity contribution in [2.24, 2.45) is 10.9 Å². The quantitative estimate of drug-likeness (QED) is 0.378. The standard InChI is InChI=1S/C16H24N4O2/c17-16(18-21)13-1-3-14(4-2-13)19-7-5-15(6-8-19)20-9-11-22-12-10-20/h1-4,15,21H,5-12H2,(H2,17,18). The highest BCUT2D eigenvalue weighted by Gasteiger charge is 2.25. The number of benzene rings is 1. The summed E-state index contributed by atoms with van der Waals surface area (Å²) in [5, 5.41) is 11.7. The highest BCUT2D eigenvalue weighted by atomic mass is 16.5. The summed E-state index contributed by atoms with van der Waals surface area (Å²) in [6, 6.07) is 8.58. The van der Waals surface area contributed by atoms with Crippen molar-refractivity contribution in [1.29, 1.82) is 0 Å². The fraction of sp³-hybridized carbons (Fsp3) is 0.562. The Morgan fingerprint density at radius 2 is 1.73 bits per heavy atom. The minimum atomic E-state index is 0.151. The fourth-order valence-electron chi connectivity index (χ4n) is 3.33. The topological polar surface area (TPSA) is 74.3 Å². The molecule has 120 valence electrons. The van der Waals surface area contributed by atoms with Crippen LogP contribution in [0, 0.1) is 0 Å². The Morgan fingerprint density at radius 3 is 2.32 bits per heavy atom. The maximum absolute atomic E-state index is 8.70. The molecule has 0 saturated carbocycles. The first-order valence-corrected chi connectivity index (χ1v) is 7.92. The molecule has 6 heteroatoms. The van der Waals surface area contributed by atoms with E-state index in [9.17, 15) is 0 Å². The number of morpholine rings is 1. The molecule has 3 N–H and O–H groups in total. The van der Waals surface area contributed by atoms with Crippen LogP contribution >= 0.6 is 0 Å². The predicted octanol–water partition coefficient (Wildman–Crippen LogP) is 1.08. The SMILES string of the molecule is NC(=NO)c1ccc(N2CCC(N3CCOCC3)CC2)cc1. The molecule has 1 aromatic carbocycles. The van der Waals surface area contributed by atoms with Crippen molar-refractivity contribution in [2.45, 2.75) is 18.9 Å². The van der Waals surface area contributed by atoms with Gasteiger partial charge in [-0.1, -0.05) is 5.16 Å². The highest BCUT2D eigenvalue weighted by Crippen LogP contribution is 2.23. The van der Waals surface area contributed by atoms with Gasteiger partial charge in [0.25, 0.3) is 0 Å². The molecule has 0 unspecified atom stereocenters. The lowest BCUT2D eigenvalue weighted by atomic mass is 10.0. The van der Waals surface area contributed by atoms with Crippen molar-refractivity contribution in [2.75, 3.05) is 44.3 Å². The monoisotopic (exact) mass is 304 g/mol. The van der Waals surface area contributed by atoms with Gasteiger partial charge in [0.15, 0.2) is 5.84 Å². The normalized spacial score (nSPS) is 22.0. The summed E-state index contributed by atoms with van der Waals surface area (Å²) < 4.78 is 5.43. The number of hydrogen-bond donors (Lipinski definition) is 2. The zero-order valence-electron chi connectivity index (χ0n) is 12.8. The highest BCUT2D eigenvalue weighted by molar-refractivity contribution is 5.97. The lowest BCUT2D eigenvalue weighted by Crippen LogP contribution is -2.49. The zero-order valence-corrected chi connectivity index (χ0v) is 12.8. The molecule has 0 atom stereocenters. The molecule has 0 aromatic heterocycles. The summed E-state index contributed by atoms with van der Waals surface area (Å²) in [7, 11) is 0. The van der Waals surface area contributed by atoms with Gasteiger partial charge in [-0.2, -0.15) is 0 Å². The van der Waals surface area contributed by atoms with Crippen molar-refractivity contribution in [3.05, 3.63) is 29.8 Å². The van der Waals surface area contributed by atoms with Crippen molar-refractivity contribution < 1.29 is 9.94 Å². The van der Waals surface area contributed by atoms with Crippen LogP contribution in [0.1, 0.15) is 18.4 Å². The molecule has 0 amide bonds. The Hall–Kier alpha value is -1.79. The Kier molecular flexibility index (Phi) is 4.80. The van der Waals surface area contributed by atoms with E-state index in [1.165, 1.54) is 18.5 Å². The number of oxime groups is 1. The second kappa shape index (κ2) is 6.98. The zero-order chi connectivity index (χ0) is 15.4. The van der Waals surface area contributed by atoms with E-state index in [2.05, 4.69) is 15.0 Å². The Labute approximate surface area is 131 Å². The average Bonchev–Trinajstić information content (AvgIpc) is 2.62. The minimum absolute atomic E-state index is 0.151. The Bertz CT molecular complexity index is 503. The third-order valence-corrected chi connectivity index (χ3v) is 4.66. The van der Waals surface area contributed by atoms with Gasteiger partial charge in [0, 0.05) is 43.5 Å². The molecule has 0 bridgehead atoms. The number of anilines is 1. The predicted molar refractivity (Wildman–Crippen MR) is 86.6 cm³/mol. The summed E-state index contributed by atoms with van der Waals surface area (Å²) in [6.07, 6.45) is 2.39. The maximum atomic E-state index is 8.70. The molecule has 6 nitrogen and oxygen atoms in total. The lowest BCUT2D eigenvalue weighted by Gasteiger charge is -2.40. The van der Waals surface area contributed by atoms with E-state index >= 15 is 0 Å². The average molecular weight is 304 g/mol. The molecule has 2 fully saturated rings. The van der Waals surface area contributed by atoms with E-state index in [4.69, 9.17) is 15.7 Å². The van der Waals surface area contributed by atoms with Crippen LogP contribution in [-0.2, 0) is 4.74 Å². The van der Waals surface area contributed by atoms with Gasteiger partial charge in [0.2, 0.25) is 0 Å². The molecule has 2 aliphatic heterocycles. The first-order valence-electron chi connectivity index (χ1n) is 7.92. The van der Waals surface area contributed by atoms with Gasteiger partial charge in [-0.25, -0.2) is 0 Å². The minimum Gasteiger partial charge on any atom is -0.409 e. The molecule has 3 rings (SSSR count). The molecule has 2 saturated heterocycles. The summed E-state index contributed by atoms with van der Waals surface area (Å²) in [5.41, 5.74) is 7.54. The van der Waals surface area contributed by atoms with Crippen LogP contribution in [0.5, 0.6) is 0 Å². The molecule has 2 heterocycles. The molecule has 2 aliphatic rings. The molecule has 0 aliphatic carbocycles. The van der Waals surface area contributed by atoms with E-state index in [0.29, 0.717) is 6.04 Å². The van der Waals surface area contributed by atoms with Gasteiger partial charge >= 0.3 is 0 Å². The van der Waals surface area contributed by atoms with Gasteiger partial charge < -0.3 is 20.6 Å². The Morgan fingerprint density at radius 1 is 1.09 bits per heavy atom. The molecule has 0 radical (unpaired) electrons. The van der Waals surface area contributed by atoms with E-state index in [0.717, 1.165) is 45.0 Å². The number of hydrogen-bond acceptors (Lipinski definition) is 5. The first kappa shape index (κ1) is 15.1. The largest absolute Gasteiger partial charge is 0.409 e. The Balaban J connectivity index is 1.56. The lowest BCUT2D eigenvalue weighted by molar-refractivity contribution is 0.0115. The number of amidine groups is 1. The first-order chi connectivity index (χ1) is 10.8. The number of piperidine rings is 1. The van der Waals surface area contributed by atoms with Crippen molar-refractivity contribution in [3.8, 4) is 0 Å². The van der Waals surface area contributed by atoms with Crippen LogP contribution in [-0.4, -0.2) is 61.4 Å². The van der Waals surface area contributed by atoms with Crippen LogP contribution in [0.15, 0.2) is 29.4 Å². The summed E-state index contributed by atoms with van der Waals surface area (Å²) in [6.45, 7) is 6.03. The summed E-state index contributed by atoms with van der Waals surface area (Å²) >= 11 is 0. The van der Waals surface area contributed by atoms with Crippen molar-refractivity contribution in [1.82, 2.24) is 4.90 Å².